The van der Waals surface area contributed by atoms with Crippen LogP contribution in [0.15, 0.2) is 29.1 Å². The molecule has 1 aromatic carbocycles. The fourth-order valence-electron chi connectivity index (χ4n) is 2.16. The molecule has 0 saturated heterocycles. The second kappa shape index (κ2) is 3.41. The van der Waals surface area contributed by atoms with E-state index in [1.54, 1.807) is 18.2 Å². The maximum Gasteiger partial charge on any atom is 0.261 e. The van der Waals surface area contributed by atoms with E-state index in [-0.39, 0.29) is 24.1 Å². The van der Waals surface area contributed by atoms with E-state index in [0.29, 0.717) is 16.7 Å². The van der Waals surface area contributed by atoms with Gasteiger partial charge in [-0.05, 0) is 19.1 Å². The van der Waals surface area contributed by atoms with Crippen LogP contribution in [-0.4, -0.2) is 15.5 Å². The first-order chi connectivity index (χ1) is 8.16. The van der Waals surface area contributed by atoms with E-state index in [0.717, 1.165) is 0 Å². The van der Waals surface area contributed by atoms with Crippen LogP contribution in [0.1, 0.15) is 18.8 Å². The number of hydrogen-bond donors (Lipinski definition) is 1. The van der Waals surface area contributed by atoms with Gasteiger partial charge < -0.3 is 5.32 Å². The average molecular weight is 229 g/mol. The minimum absolute atomic E-state index is 0.0519. The topological polar surface area (TPSA) is 64.0 Å². The lowest BCUT2D eigenvalue weighted by atomic mass is 10.2. The first kappa shape index (κ1) is 10.0. The van der Waals surface area contributed by atoms with Gasteiger partial charge in [0.2, 0.25) is 5.91 Å². The van der Waals surface area contributed by atoms with Crippen molar-refractivity contribution in [2.45, 2.75) is 19.5 Å². The molecule has 1 aromatic heterocycles. The van der Waals surface area contributed by atoms with Crippen molar-refractivity contribution in [3.63, 3.8) is 0 Å². The standard InChI is InChI=1S/C12H11N3O2/c1-7-11-14-9-5-3-2-4-8(9)12(17)15(11)6-10(16)13-7/h2-5,7H,6H2,1H3,(H,13,16)/t7-/m0/s1. The van der Waals surface area contributed by atoms with Gasteiger partial charge in [0.05, 0.1) is 16.9 Å². The molecule has 1 N–H and O–H groups in total. The summed E-state index contributed by atoms with van der Waals surface area (Å²) in [4.78, 5) is 28.1. The second-order valence-electron chi connectivity index (χ2n) is 4.17. The van der Waals surface area contributed by atoms with Crippen LogP contribution in [-0.2, 0) is 11.3 Å². The quantitative estimate of drug-likeness (QED) is 0.719. The van der Waals surface area contributed by atoms with Gasteiger partial charge in [-0.1, -0.05) is 12.1 Å². The lowest BCUT2D eigenvalue weighted by Crippen LogP contribution is -2.43. The van der Waals surface area contributed by atoms with Crippen molar-refractivity contribution in [3.8, 4) is 0 Å². The predicted octanol–water partition coefficient (Wildman–Crippen LogP) is 0.587. The molecule has 1 atom stereocenters. The van der Waals surface area contributed by atoms with Gasteiger partial charge in [0, 0.05) is 0 Å². The van der Waals surface area contributed by atoms with E-state index in [9.17, 15) is 9.59 Å². The number of aromatic nitrogens is 2. The second-order valence-corrected chi connectivity index (χ2v) is 4.17. The van der Waals surface area contributed by atoms with E-state index in [1.165, 1.54) is 4.57 Å². The van der Waals surface area contributed by atoms with Gasteiger partial charge in [0.25, 0.3) is 5.56 Å². The number of para-hydroxylation sites is 1. The van der Waals surface area contributed by atoms with Crippen molar-refractivity contribution >= 4 is 16.8 Å². The minimum atomic E-state index is -0.228. The number of carbonyl (C=O) groups is 1. The van der Waals surface area contributed by atoms with Gasteiger partial charge in [-0.3, -0.25) is 14.2 Å². The van der Waals surface area contributed by atoms with Gasteiger partial charge in [0.15, 0.2) is 0 Å². The first-order valence-electron chi connectivity index (χ1n) is 5.45. The van der Waals surface area contributed by atoms with Crippen LogP contribution in [0.4, 0.5) is 0 Å². The largest absolute Gasteiger partial charge is 0.345 e. The number of benzene rings is 1. The van der Waals surface area contributed by atoms with Crippen molar-refractivity contribution in [2.24, 2.45) is 0 Å². The van der Waals surface area contributed by atoms with Crippen LogP contribution in [0.5, 0.6) is 0 Å². The van der Waals surface area contributed by atoms with Crippen LogP contribution in [0, 0.1) is 0 Å². The smallest absolute Gasteiger partial charge is 0.261 e. The molecule has 0 saturated carbocycles. The molecule has 86 valence electrons. The summed E-state index contributed by atoms with van der Waals surface area (Å²) in [6, 6.07) is 6.95. The number of rotatable bonds is 0. The lowest BCUT2D eigenvalue weighted by Gasteiger charge is -2.24. The number of amides is 1. The highest BCUT2D eigenvalue weighted by atomic mass is 16.2. The summed E-state index contributed by atoms with van der Waals surface area (Å²) in [7, 11) is 0. The van der Waals surface area contributed by atoms with Gasteiger partial charge >= 0.3 is 0 Å². The van der Waals surface area contributed by atoms with Crippen molar-refractivity contribution in [3.05, 3.63) is 40.4 Å². The zero-order chi connectivity index (χ0) is 12.0. The third-order valence-electron chi connectivity index (χ3n) is 2.96. The Morgan fingerprint density at radius 3 is 2.94 bits per heavy atom. The van der Waals surface area contributed by atoms with Crippen LogP contribution >= 0.6 is 0 Å². The minimum Gasteiger partial charge on any atom is -0.345 e. The van der Waals surface area contributed by atoms with Gasteiger partial charge in [-0.2, -0.15) is 0 Å². The van der Waals surface area contributed by atoms with E-state index < -0.39 is 0 Å². The number of nitrogens with one attached hydrogen (secondary N) is 1. The molecule has 2 heterocycles. The molecule has 1 aliphatic rings. The van der Waals surface area contributed by atoms with Crippen LogP contribution < -0.4 is 10.9 Å². The Bertz CT molecular complexity index is 675. The highest BCUT2D eigenvalue weighted by Gasteiger charge is 2.24. The highest BCUT2D eigenvalue weighted by Crippen LogP contribution is 2.16. The van der Waals surface area contributed by atoms with Gasteiger partial charge in [-0.15, -0.1) is 0 Å². The molecule has 17 heavy (non-hydrogen) atoms. The van der Waals surface area contributed by atoms with Crippen molar-refractivity contribution in [1.29, 1.82) is 0 Å². The molecule has 0 spiro atoms. The van der Waals surface area contributed by atoms with E-state index >= 15 is 0 Å². The summed E-state index contributed by atoms with van der Waals surface area (Å²) in [5.74, 6) is 0.470. The van der Waals surface area contributed by atoms with Gasteiger partial charge in [0.1, 0.15) is 12.4 Å². The molecule has 5 nitrogen and oxygen atoms in total. The molecule has 0 fully saturated rings. The summed E-state index contributed by atoms with van der Waals surface area (Å²) >= 11 is 0. The molecular formula is C12H11N3O2. The zero-order valence-corrected chi connectivity index (χ0v) is 9.30. The molecule has 2 aromatic rings. The molecule has 5 heteroatoms. The summed E-state index contributed by atoms with van der Waals surface area (Å²) < 4.78 is 1.45. The fraction of sp³-hybridized carbons (Fsp3) is 0.250. The molecule has 0 aliphatic carbocycles. The van der Waals surface area contributed by atoms with Crippen molar-refractivity contribution in [2.75, 3.05) is 0 Å². The number of carbonyl (C=O) groups excluding carboxylic acids is 1. The Morgan fingerprint density at radius 1 is 1.35 bits per heavy atom. The number of fused-ring (bicyclic) bond motifs is 2. The predicted molar refractivity (Wildman–Crippen MR) is 62.6 cm³/mol. The van der Waals surface area contributed by atoms with Crippen LogP contribution in [0.25, 0.3) is 10.9 Å². The van der Waals surface area contributed by atoms with E-state index in [1.807, 2.05) is 13.0 Å². The summed E-state index contributed by atoms with van der Waals surface area (Å²) in [6.45, 7) is 1.88. The highest BCUT2D eigenvalue weighted by molar-refractivity contribution is 5.80. The molecular weight excluding hydrogens is 218 g/mol. The zero-order valence-electron chi connectivity index (χ0n) is 9.30. The Hall–Kier alpha value is -2.17. The van der Waals surface area contributed by atoms with E-state index in [2.05, 4.69) is 10.3 Å². The van der Waals surface area contributed by atoms with Crippen molar-refractivity contribution < 1.29 is 4.79 Å². The molecule has 0 unspecified atom stereocenters. The van der Waals surface area contributed by atoms with Gasteiger partial charge in [-0.25, -0.2) is 4.98 Å². The molecule has 1 amide bonds. The third-order valence-corrected chi connectivity index (χ3v) is 2.96. The monoisotopic (exact) mass is 229 g/mol. The summed E-state index contributed by atoms with van der Waals surface area (Å²) in [5, 5.41) is 3.32. The van der Waals surface area contributed by atoms with Crippen LogP contribution in [0.3, 0.4) is 0 Å². The fourth-order valence-corrected chi connectivity index (χ4v) is 2.16. The Kier molecular flexibility index (Phi) is 2.01. The molecule has 0 bridgehead atoms. The summed E-state index contributed by atoms with van der Waals surface area (Å²) in [5.41, 5.74) is 0.527. The number of hydrogen-bond acceptors (Lipinski definition) is 3. The number of nitrogens with zero attached hydrogens (tertiary/aromatic N) is 2. The Labute approximate surface area is 97.1 Å². The first-order valence-corrected chi connectivity index (χ1v) is 5.45. The van der Waals surface area contributed by atoms with Crippen molar-refractivity contribution in [1.82, 2.24) is 14.9 Å². The molecule has 3 rings (SSSR count). The maximum atomic E-state index is 12.2. The normalized spacial score (nSPS) is 18.9. The molecule has 1 aliphatic heterocycles. The summed E-state index contributed by atoms with van der Waals surface area (Å²) in [6.07, 6.45) is 0. The SMILES string of the molecule is C[C@@H]1NC(=O)Cn2c1nc1ccccc1c2=O. The molecule has 0 radical (unpaired) electrons. The Balaban J connectivity index is 2.39. The third kappa shape index (κ3) is 1.43. The average Bonchev–Trinajstić information content (AvgIpc) is 2.31. The van der Waals surface area contributed by atoms with E-state index in [4.69, 9.17) is 0 Å². The van der Waals surface area contributed by atoms with Crippen LogP contribution in [0.2, 0.25) is 0 Å². The lowest BCUT2D eigenvalue weighted by molar-refractivity contribution is -0.123. The Morgan fingerprint density at radius 2 is 2.12 bits per heavy atom. The maximum absolute atomic E-state index is 12.2.